The van der Waals surface area contributed by atoms with Crippen LogP contribution >= 0.6 is 7.60 Å². The Kier molecular flexibility index (Phi) is 6.43. The molecule has 0 heterocycles. The first-order chi connectivity index (χ1) is 8.88. The van der Waals surface area contributed by atoms with Crippen molar-refractivity contribution in [1.82, 2.24) is 0 Å². The first-order valence-electron chi connectivity index (χ1n) is 6.49. The molecule has 0 aliphatic carbocycles. The summed E-state index contributed by atoms with van der Waals surface area (Å²) in [7, 11) is -4.21. The van der Waals surface area contributed by atoms with Crippen LogP contribution in [0, 0.1) is 5.92 Å². The lowest BCUT2D eigenvalue weighted by molar-refractivity contribution is -0.120. The molecule has 0 spiro atoms. The topological polar surface area (TPSA) is 74.6 Å². The minimum Gasteiger partial charge on any atom is -0.324 e. The molecule has 4 nitrogen and oxygen atoms in total. The van der Waals surface area contributed by atoms with Crippen LogP contribution < -0.4 is 0 Å². The minimum atomic E-state index is -4.21. The number of benzene rings is 1. The monoisotopic (exact) mass is 284 g/mol. The van der Waals surface area contributed by atoms with E-state index in [4.69, 9.17) is 9.79 Å². The number of unbranched alkanes of at least 4 members (excludes halogenated alkanes) is 1. The van der Waals surface area contributed by atoms with Gasteiger partial charge in [-0.15, -0.1) is 0 Å². The molecular formula is C14H21O4P. The number of hydrogen-bond donors (Lipinski definition) is 2. The average Bonchev–Trinajstić information content (AvgIpc) is 2.33. The molecule has 2 N–H and O–H groups in total. The van der Waals surface area contributed by atoms with Gasteiger partial charge in [0.25, 0.3) is 0 Å². The standard InChI is InChI=1S/C14H21O4P/c1-12(14(15)11-19(16,17)18)7-5-6-10-13-8-3-2-4-9-13/h2-4,8-9,12H,5-7,10-11H2,1H3,(H2,16,17,18). The van der Waals surface area contributed by atoms with E-state index in [0.29, 0.717) is 6.42 Å². The molecule has 1 rings (SSSR count). The molecule has 0 aliphatic heterocycles. The molecule has 1 unspecified atom stereocenters. The van der Waals surface area contributed by atoms with Gasteiger partial charge in [0.2, 0.25) is 0 Å². The quantitative estimate of drug-likeness (QED) is 0.568. The first-order valence-corrected chi connectivity index (χ1v) is 8.29. The second-order valence-electron chi connectivity index (χ2n) is 4.92. The van der Waals surface area contributed by atoms with Crippen molar-refractivity contribution in [1.29, 1.82) is 0 Å². The zero-order valence-corrected chi connectivity index (χ0v) is 12.1. The van der Waals surface area contributed by atoms with Crippen molar-refractivity contribution >= 4 is 13.4 Å². The summed E-state index contributed by atoms with van der Waals surface area (Å²) in [6, 6.07) is 10.1. The summed E-state index contributed by atoms with van der Waals surface area (Å²) < 4.78 is 10.7. The molecule has 0 bridgehead atoms. The van der Waals surface area contributed by atoms with Gasteiger partial charge in [0.1, 0.15) is 11.9 Å². The molecular weight excluding hydrogens is 263 g/mol. The van der Waals surface area contributed by atoms with Gasteiger partial charge in [-0.05, 0) is 24.8 Å². The molecule has 19 heavy (non-hydrogen) atoms. The Morgan fingerprint density at radius 3 is 2.42 bits per heavy atom. The lowest BCUT2D eigenvalue weighted by atomic mass is 9.98. The molecule has 0 amide bonds. The van der Waals surface area contributed by atoms with Crippen LogP contribution in [0.15, 0.2) is 30.3 Å². The van der Waals surface area contributed by atoms with Crippen molar-refractivity contribution < 1.29 is 19.1 Å². The zero-order valence-electron chi connectivity index (χ0n) is 11.2. The normalized spacial score (nSPS) is 13.2. The summed E-state index contributed by atoms with van der Waals surface area (Å²) in [5.41, 5.74) is 1.27. The Morgan fingerprint density at radius 2 is 1.84 bits per heavy atom. The van der Waals surface area contributed by atoms with E-state index in [0.717, 1.165) is 19.3 Å². The van der Waals surface area contributed by atoms with Crippen LogP contribution in [0.3, 0.4) is 0 Å². The zero-order chi connectivity index (χ0) is 14.3. The lowest BCUT2D eigenvalue weighted by Crippen LogP contribution is -2.15. The molecule has 5 heteroatoms. The Morgan fingerprint density at radius 1 is 1.21 bits per heavy atom. The van der Waals surface area contributed by atoms with Gasteiger partial charge in [0.15, 0.2) is 0 Å². The Balaban J connectivity index is 2.22. The average molecular weight is 284 g/mol. The maximum atomic E-state index is 11.5. The van der Waals surface area contributed by atoms with Crippen molar-refractivity contribution in [2.24, 2.45) is 5.92 Å². The van der Waals surface area contributed by atoms with Gasteiger partial charge in [-0.25, -0.2) is 0 Å². The highest BCUT2D eigenvalue weighted by atomic mass is 31.2. The second-order valence-corrected chi connectivity index (χ2v) is 6.57. The van der Waals surface area contributed by atoms with Gasteiger partial charge >= 0.3 is 7.60 Å². The molecule has 1 aromatic carbocycles. The predicted octanol–water partition coefficient (Wildman–Crippen LogP) is 2.78. The van der Waals surface area contributed by atoms with Crippen molar-refractivity contribution in [3.8, 4) is 0 Å². The molecule has 0 fully saturated rings. The maximum Gasteiger partial charge on any atom is 0.332 e. The van der Waals surface area contributed by atoms with Gasteiger partial charge in [-0.1, -0.05) is 43.7 Å². The number of ketones is 1. The maximum absolute atomic E-state index is 11.5. The van der Waals surface area contributed by atoms with Crippen LogP contribution in [0.2, 0.25) is 0 Å². The van der Waals surface area contributed by atoms with Crippen LogP contribution in [0.25, 0.3) is 0 Å². The Bertz CT molecular complexity index is 438. The fraction of sp³-hybridized carbons (Fsp3) is 0.500. The molecule has 0 saturated heterocycles. The highest BCUT2D eigenvalue weighted by molar-refractivity contribution is 7.52. The van der Waals surface area contributed by atoms with Crippen LogP contribution in [0.1, 0.15) is 31.7 Å². The number of Topliss-reactive ketones (excluding diaryl/α,β-unsaturated/α-hetero) is 1. The molecule has 106 valence electrons. The molecule has 0 aliphatic rings. The Hall–Kier alpha value is -0.960. The van der Waals surface area contributed by atoms with Crippen LogP contribution in [-0.2, 0) is 15.8 Å². The van der Waals surface area contributed by atoms with E-state index < -0.39 is 13.8 Å². The van der Waals surface area contributed by atoms with Gasteiger partial charge in [-0.2, -0.15) is 0 Å². The van der Waals surface area contributed by atoms with Crippen molar-refractivity contribution in [2.45, 2.75) is 32.6 Å². The highest BCUT2D eigenvalue weighted by Crippen LogP contribution is 2.35. The van der Waals surface area contributed by atoms with Crippen LogP contribution in [0.4, 0.5) is 0 Å². The third kappa shape index (κ3) is 7.26. The van der Waals surface area contributed by atoms with Gasteiger partial charge in [0, 0.05) is 5.92 Å². The van der Waals surface area contributed by atoms with Crippen molar-refractivity contribution in [3.05, 3.63) is 35.9 Å². The molecule has 0 saturated carbocycles. The van der Waals surface area contributed by atoms with E-state index in [-0.39, 0.29) is 11.7 Å². The van der Waals surface area contributed by atoms with E-state index >= 15 is 0 Å². The Labute approximate surface area is 114 Å². The van der Waals surface area contributed by atoms with E-state index in [9.17, 15) is 9.36 Å². The summed E-state index contributed by atoms with van der Waals surface area (Å²) in [5.74, 6) is -0.614. The summed E-state index contributed by atoms with van der Waals surface area (Å²) >= 11 is 0. The third-order valence-electron chi connectivity index (χ3n) is 3.11. The van der Waals surface area contributed by atoms with Gasteiger partial charge < -0.3 is 9.79 Å². The van der Waals surface area contributed by atoms with E-state index in [1.165, 1.54) is 5.56 Å². The largest absolute Gasteiger partial charge is 0.332 e. The number of hydrogen-bond acceptors (Lipinski definition) is 2. The van der Waals surface area contributed by atoms with E-state index in [1.807, 2.05) is 18.2 Å². The SMILES string of the molecule is CC(CCCCc1ccccc1)C(=O)CP(=O)(O)O. The predicted molar refractivity (Wildman–Crippen MR) is 75.1 cm³/mol. The molecule has 0 aromatic heterocycles. The van der Waals surface area contributed by atoms with Crippen LogP contribution in [-0.4, -0.2) is 21.7 Å². The molecule has 1 aromatic rings. The third-order valence-corrected chi connectivity index (χ3v) is 3.83. The summed E-state index contributed by atoms with van der Waals surface area (Å²) in [5, 5.41) is 0. The number of carbonyl (C=O) groups excluding carboxylic acids is 1. The molecule has 1 atom stereocenters. The minimum absolute atomic E-state index is 0.275. The van der Waals surface area contributed by atoms with Gasteiger partial charge in [-0.3, -0.25) is 9.36 Å². The lowest BCUT2D eigenvalue weighted by Gasteiger charge is -2.11. The fourth-order valence-corrected chi connectivity index (χ4v) is 2.66. The van der Waals surface area contributed by atoms with E-state index in [2.05, 4.69) is 12.1 Å². The van der Waals surface area contributed by atoms with E-state index in [1.54, 1.807) is 6.92 Å². The van der Waals surface area contributed by atoms with Crippen molar-refractivity contribution in [2.75, 3.05) is 6.16 Å². The summed E-state index contributed by atoms with van der Waals surface area (Å²) in [6.07, 6.45) is 2.90. The smallest absolute Gasteiger partial charge is 0.324 e. The number of carbonyl (C=O) groups is 1. The fourth-order valence-electron chi connectivity index (χ4n) is 1.94. The number of rotatable bonds is 8. The first kappa shape index (κ1) is 16.1. The van der Waals surface area contributed by atoms with Crippen molar-refractivity contribution in [3.63, 3.8) is 0 Å². The van der Waals surface area contributed by atoms with Gasteiger partial charge in [0.05, 0.1) is 0 Å². The summed E-state index contributed by atoms with van der Waals surface area (Å²) in [4.78, 5) is 29.0. The second kappa shape index (κ2) is 7.59. The summed E-state index contributed by atoms with van der Waals surface area (Å²) in [6.45, 7) is 1.74. The highest BCUT2D eigenvalue weighted by Gasteiger charge is 2.22. The van der Waals surface area contributed by atoms with Crippen LogP contribution in [0.5, 0.6) is 0 Å². The molecule has 0 radical (unpaired) electrons. The number of aryl methyl sites for hydroxylation is 1.